The zero-order valence-corrected chi connectivity index (χ0v) is 16.4. The summed E-state index contributed by atoms with van der Waals surface area (Å²) >= 11 is 10.7. The molecule has 0 saturated carbocycles. The highest BCUT2D eigenvalue weighted by Crippen LogP contribution is 2.17. The van der Waals surface area contributed by atoms with Gasteiger partial charge in [-0.25, -0.2) is 0 Å². The third kappa shape index (κ3) is 7.68. The first kappa shape index (κ1) is 21.3. The van der Waals surface area contributed by atoms with Crippen LogP contribution < -0.4 is 30.4 Å². The highest BCUT2D eigenvalue weighted by atomic mass is 35.5. The zero-order chi connectivity index (χ0) is 20.4. The zero-order valence-electron chi connectivity index (χ0n) is 14.9. The third-order valence-electron chi connectivity index (χ3n) is 3.18. The Hall–Kier alpha value is -3.04. The van der Waals surface area contributed by atoms with Crippen molar-refractivity contribution in [3.05, 3.63) is 53.6 Å². The predicted molar refractivity (Wildman–Crippen MR) is 107 cm³/mol. The topological polar surface area (TPSA) is 97.9 Å². The molecule has 8 nitrogen and oxygen atoms in total. The lowest BCUT2D eigenvalue weighted by atomic mass is 10.3. The number of rotatable bonds is 7. The van der Waals surface area contributed by atoms with Gasteiger partial charge < -0.3 is 14.2 Å². The molecule has 2 aromatic rings. The molecule has 0 saturated heterocycles. The van der Waals surface area contributed by atoms with E-state index in [2.05, 4.69) is 16.2 Å². The quantitative estimate of drug-likeness (QED) is 0.461. The molecule has 0 aromatic heterocycles. The van der Waals surface area contributed by atoms with Crippen molar-refractivity contribution in [3.63, 3.8) is 0 Å². The number of hydrogen-bond donors (Lipinski definition) is 3. The van der Waals surface area contributed by atoms with Crippen LogP contribution in [0, 0.1) is 0 Å². The molecule has 0 aliphatic heterocycles. The van der Waals surface area contributed by atoms with Crippen molar-refractivity contribution in [1.29, 1.82) is 0 Å². The second kappa shape index (κ2) is 11.0. The molecule has 0 radical (unpaired) electrons. The fourth-order valence-corrected chi connectivity index (χ4v) is 2.15. The third-order valence-corrected chi connectivity index (χ3v) is 3.64. The fraction of sp³-hybridized carbons (Fsp3) is 0.167. The summed E-state index contributed by atoms with van der Waals surface area (Å²) in [5, 5.41) is 2.85. The van der Waals surface area contributed by atoms with Gasteiger partial charge in [0.15, 0.2) is 18.3 Å². The Morgan fingerprint density at radius 2 is 1.36 bits per heavy atom. The smallest absolute Gasteiger partial charge is 0.276 e. The summed E-state index contributed by atoms with van der Waals surface area (Å²) in [5.74, 6) is 0.703. The van der Waals surface area contributed by atoms with Crippen LogP contribution in [0.1, 0.15) is 0 Å². The SMILES string of the molecule is COc1ccc(OCC(=O)NNC(=S)NC(=O)COc2ccc(Cl)cc2)cc1. The van der Waals surface area contributed by atoms with E-state index in [0.717, 1.165) is 0 Å². The normalized spacial score (nSPS) is 9.79. The van der Waals surface area contributed by atoms with Crippen LogP contribution >= 0.6 is 23.8 Å². The Kier molecular flexibility index (Phi) is 8.32. The minimum atomic E-state index is -0.490. The lowest BCUT2D eigenvalue weighted by molar-refractivity contribution is -0.124. The maximum atomic E-state index is 11.8. The largest absolute Gasteiger partial charge is 0.497 e. The minimum Gasteiger partial charge on any atom is -0.497 e. The van der Waals surface area contributed by atoms with Gasteiger partial charge in [0.1, 0.15) is 17.2 Å². The molecule has 0 atom stereocenters. The molecule has 148 valence electrons. The van der Waals surface area contributed by atoms with Gasteiger partial charge in [0, 0.05) is 5.02 Å². The number of halogens is 1. The summed E-state index contributed by atoms with van der Waals surface area (Å²) in [4.78, 5) is 23.5. The molecular weight excluding hydrogens is 406 g/mol. The van der Waals surface area contributed by atoms with Crippen molar-refractivity contribution in [1.82, 2.24) is 16.2 Å². The van der Waals surface area contributed by atoms with Gasteiger partial charge in [-0.1, -0.05) is 11.6 Å². The highest BCUT2D eigenvalue weighted by molar-refractivity contribution is 7.80. The molecule has 2 amide bonds. The Bertz CT molecular complexity index is 815. The molecule has 0 heterocycles. The molecule has 0 aliphatic carbocycles. The van der Waals surface area contributed by atoms with Gasteiger partial charge in [-0.2, -0.15) is 0 Å². The molecule has 3 N–H and O–H groups in total. The number of benzene rings is 2. The average molecular weight is 424 g/mol. The Labute approximate surface area is 172 Å². The van der Waals surface area contributed by atoms with E-state index in [1.165, 1.54) is 0 Å². The molecule has 0 fully saturated rings. The van der Waals surface area contributed by atoms with Crippen molar-refractivity contribution in [2.75, 3.05) is 20.3 Å². The molecular formula is C18H18ClN3O5S. The maximum Gasteiger partial charge on any atom is 0.276 e. The first-order valence-electron chi connectivity index (χ1n) is 8.00. The molecule has 0 unspecified atom stereocenters. The number of carbonyl (C=O) groups excluding carboxylic acids is 2. The second-order valence-electron chi connectivity index (χ2n) is 5.26. The monoisotopic (exact) mass is 423 g/mol. The van der Waals surface area contributed by atoms with Gasteiger partial charge in [-0.3, -0.25) is 25.8 Å². The molecule has 0 aliphatic rings. The van der Waals surface area contributed by atoms with E-state index >= 15 is 0 Å². The minimum absolute atomic E-state index is 0.0810. The van der Waals surface area contributed by atoms with E-state index in [9.17, 15) is 9.59 Å². The Balaban J connectivity index is 1.63. The van der Waals surface area contributed by atoms with E-state index in [1.54, 1.807) is 55.6 Å². The van der Waals surface area contributed by atoms with Gasteiger partial charge in [0.2, 0.25) is 0 Å². The number of hydrazine groups is 1. The standard InChI is InChI=1S/C18H18ClN3O5S/c1-25-13-6-8-15(9-7-13)27-11-17(24)21-22-18(28)20-16(23)10-26-14-4-2-12(19)3-5-14/h2-9H,10-11H2,1H3,(H,21,24)(H2,20,22,23,28). The second-order valence-corrected chi connectivity index (χ2v) is 6.10. The number of hydrogen-bond acceptors (Lipinski definition) is 6. The molecule has 28 heavy (non-hydrogen) atoms. The molecule has 10 heteroatoms. The van der Waals surface area contributed by atoms with Crippen LogP contribution in [0.2, 0.25) is 5.02 Å². The number of carbonyl (C=O) groups is 2. The van der Waals surface area contributed by atoms with Crippen LogP contribution in [0.25, 0.3) is 0 Å². The van der Waals surface area contributed by atoms with Crippen LogP contribution in [-0.2, 0) is 9.59 Å². The number of thiocarbonyl (C=S) groups is 1. The van der Waals surface area contributed by atoms with E-state index in [4.69, 9.17) is 38.0 Å². The molecule has 2 rings (SSSR count). The van der Waals surface area contributed by atoms with Gasteiger partial charge in [-0.05, 0) is 60.7 Å². The van der Waals surface area contributed by atoms with Crippen molar-refractivity contribution >= 4 is 40.7 Å². The molecule has 0 bridgehead atoms. The summed E-state index contributed by atoms with van der Waals surface area (Å²) in [6.07, 6.45) is 0. The van der Waals surface area contributed by atoms with E-state index in [0.29, 0.717) is 22.3 Å². The summed E-state index contributed by atoms with van der Waals surface area (Å²) in [6, 6.07) is 13.3. The fourth-order valence-electron chi connectivity index (χ4n) is 1.86. The van der Waals surface area contributed by atoms with Crippen molar-refractivity contribution in [3.8, 4) is 17.2 Å². The number of methoxy groups -OCH3 is 1. The molecule has 0 spiro atoms. The van der Waals surface area contributed by atoms with Crippen LogP contribution in [0.15, 0.2) is 48.5 Å². The predicted octanol–water partition coefficient (Wildman–Crippen LogP) is 1.83. The Morgan fingerprint density at radius 1 is 0.857 bits per heavy atom. The lowest BCUT2D eigenvalue weighted by Crippen LogP contribution is -2.50. The maximum absolute atomic E-state index is 11.8. The summed E-state index contributed by atoms with van der Waals surface area (Å²) in [7, 11) is 1.56. The van der Waals surface area contributed by atoms with Crippen molar-refractivity contribution < 1.29 is 23.8 Å². The average Bonchev–Trinajstić information content (AvgIpc) is 2.70. The molecule has 2 aromatic carbocycles. The first-order valence-corrected chi connectivity index (χ1v) is 8.79. The van der Waals surface area contributed by atoms with Crippen molar-refractivity contribution in [2.24, 2.45) is 0 Å². The van der Waals surface area contributed by atoms with E-state index < -0.39 is 11.8 Å². The van der Waals surface area contributed by atoms with Crippen LogP contribution in [0.4, 0.5) is 0 Å². The summed E-state index contributed by atoms with van der Waals surface area (Å²) < 4.78 is 15.6. The van der Waals surface area contributed by atoms with Crippen LogP contribution in [0.3, 0.4) is 0 Å². The number of amides is 2. The van der Waals surface area contributed by atoms with Crippen LogP contribution in [0.5, 0.6) is 17.2 Å². The van der Waals surface area contributed by atoms with Crippen LogP contribution in [-0.4, -0.2) is 37.3 Å². The highest BCUT2D eigenvalue weighted by Gasteiger charge is 2.08. The van der Waals surface area contributed by atoms with E-state index in [1.807, 2.05) is 0 Å². The van der Waals surface area contributed by atoms with Gasteiger partial charge in [0.05, 0.1) is 7.11 Å². The van der Waals surface area contributed by atoms with Gasteiger partial charge >= 0.3 is 0 Å². The summed E-state index contributed by atoms with van der Waals surface area (Å²) in [6.45, 7) is -0.493. The lowest BCUT2D eigenvalue weighted by Gasteiger charge is -2.12. The van der Waals surface area contributed by atoms with Gasteiger partial charge in [-0.15, -0.1) is 0 Å². The first-order chi connectivity index (χ1) is 13.5. The number of ether oxygens (including phenoxy) is 3. The number of nitrogens with one attached hydrogen (secondary N) is 3. The van der Waals surface area contributed by atoms with E-state index in [-0.39, 0.29) is 18.3 Å². The van der Waals surface area contributed by atoms with Gasteiger partial charge in [0.25, 0.3) is 11.8 Å². The summed E-state index contributed by atoms with van der Waals surface area (Å²) in [5.41, 5.74) is 4.71. The Morgan fingerprint density at radius 3 is 1.93 bits per heavy atom. The van der Waals surface area contributed by atoms with Crippen molar-refractivity contribution in [2.45, 2.75) is 0 Å².